The molecule has 24 heavy (non-hydrogen) atoms. The lowest BCUT2D eigenvalue weighted by Crippen LogP contribution is -2.36. The molecule has 0 saturated heterocycles. The van der Waals surface area contributed by atoms with Crippen LogP contribution in [0.25, 0.3) is 0 Å². The Hall–Kier alpha value is -2.01. The van der Waals surface area contributed by atoms with E-state index in [1.807, 2.05) is 25.1 Å². The van der Waals surface area contributed by atoms with Gasteiger partial charge in [-0.1, -0.05) is 42.1 Å². The summed E-state index contributed by atoms with van der Waals surface area (Å²) in [5.74, 6) is -0.293. The summed E-state index contributed by atoms with van der Waals surface area (Å²) in [4.78, 5) is 20.9. The number of hydrogen-bond acceptors (Lipinski definition) is 5. The van der Waals surface area contributed by atoms with Gasteiger partial charge >= 0.3 is 5.97 Å². The fourth-order valence-electron chi connectivity index (χ4n) is 3.70. The second-order valence-corrected chi connectivity index (χ2v) is 7.31. The van der Waals surface area contributed by atoms with Crippen LogP contribution in [0, 0.1) is 0 Å². The molecule has 1 atom stereocenters. The van der Waals surface area contributed by atoms with E-state index in [4.69, 9.17) is 9.73 Å². The van der Waals surface area contributed by atoms with Gasteiger partial charge in [0.15, 0.2) is 5.17 Å². The largest absolute Gasteiger partial charge is 0.466 e. The molecule has 0 spiro atoms. The van der Waals surface area contributed by atoms with Crippen LogP contribution in [0.5, 0.6) is 0 Å². The number of nitrogens with zero attached hydrogens (tertiary/aromatic N) is 2. The highest BCUT2D eigenvalue weighted by Gasteiger charge is 2.43. The first-order valence-electron chi connectivity index (χ1n) is 8.32. The first-order chi connectivity index (χ1) is 11.7. The summed E-state index contributed by atoms with van der Waals surface area (Å²) < 4.78 is 5.08. The summed E-state index contributed by atoms with van der Waals surface area (Å²) in [5.41, 5.74) is 3.85. The van der Waals surface area contributed by atoms with E-state index in [0.717, 1.165) is 29.3 Å². The molecule has 0 saturated carbocycles. The summed E-state index contributed by atoms with van der Waals surface area (Å²) in [5, 5.41) is 1.00. The first kappa shape index (κ1) is 15.5. The Labute approximate surface area is 146 Å². The molecule has 3 aliphatic rings. The molecular weight excluding hydrogens is 320 g/mol. The second-order valence-electron chi connectivity index (χ2n) is 6.25. The van der Waals surface area contributed by atoms with Crippen molar-refractivity contribution in [1.82, 2.24) is 4.90 Å². The third-order valence-corrected chi connectivity index (χ3v) is 5.96. The standard InChI is InChI=1S/C19H20N2O2S/c1-12-16(18(22)23-2)17(13-8-4-3-5-9-13)21-14-10-6-7-11-15(14)24-19(21)20-12/h3-5,8-9,17H,6-7,10-11H2,1-2H3. The number of allylic oxidation sites excluding steroid dienone is 3. The number of amidine groups is 1. The fourth-order valence-corrected chi connectivity index (χ4v) is 4.98. The molecule has 1 aromatic carbocycles. The van der Waals surface area contributed by atoms with E-state index in [1.165, 1.54) is 30.6 Å². The molecular formula is C19H20N2O2S. The van der Waals surface area contributed by atoms with Gasteiger partial charge in [0.2, 0.25) is 0 Å². The Morgan fingerprint density at radius 3 is 2.75 bits per heavy atom. The Balaban J connectivity index is 1.88. The van der Waals surface area contributed by atoms with Gasteiger partial charge < -0.3 is 9.64 Å². The van der Waals surface area contributed by atoms with Gasteiger partial charge in [-0.05, 0) is 38.2 Å². The third-order valence-electron chi connectivity index (χ3n) is 4.81. The van der Waals surface area contributed by atoms with E-state index in [9.17, 15) is 4.79 Å². The quantitative estimate of drug-likeness (QED) is 0.749. The third kappa shape index (κ3) is 2.38. The van der Waals surface area contributed by atoms with Gasteiger partial charge in [0, 0.05) is 10.6 Å². The monoisotopic (exact) mass is 340 g/mol. The van der Waals surface area contributed by atoms with E-state index >= 15 is 0 Å². The van der Waals surface area contributed by atoms with Gasteiger partial charge in [-0.3, -0.25) is 0 Å². The molecule has 1 unspecified atom stereocenters. The predicted molar refractivity (Wildman–Crippen MR) is 96.3 cm³/mol. The number of ether oxygens (including phenoxy) is 1. The number of benzene rings is 1. The van der Waals surface area contributed by atoms with Crippen LogP contribution >= 0.6 is 11.8 Å². The summed E-state index contributed by atoms with van der Waals surface area (Å²) in [6, 6.07) is 10.0. The molecule has 4 rings (SSSR count). The summed E-state index contributed by atoms with van der Waals surface area (Å²) >= 11 is 1.77. The summed E-state index contributed by atoms with van der Waals surface area (Å²) in [7, 11) is 1.44. The number of hydrogen-bond donors (Lipinski definition) is 0. The number of rotatable bonds is 2. The number of esters is 1. The Kier molecular flexibility index (Phi) is 3.96. The molecule has 0 N–H and O–H groups in total. The summed E-state index contributed by atoms with van der Waals surface area (Å²) in [6.07, 6.45) is 4.60. The van der Waals surface area contributed by atoms with Crippen molar-refractivity contribution < 1.29 is 9.53 Å². The van der Waals surface area contributed by atoms with Crippen LogP contribution < -0.4 is 0 Å². The lowest BCUT2D eigenvalue weighted by Gasteiger charge is -2.36. The molecule has 4 nitrogen and oxygen atoms in total. The van der Waals surface area contributed by atoms with Crippen molar-refractivity contribution >= 4 is 22.9 Å². The number of thioether (sulfide) groups is 1. The molecule has 0 bridgehead atoms. The molecule has 2 aliphatic heterocycles. The minimum absolute atomic E-state index is 0.149. The molecule has 0 amide bonds. The Bertz CT molecular complexity index is 780. The number of methoxy groups -OCH3 is 1. The average Bonchev–Trinajstić information content (AvgIpc) is 2.98. The van der Waals surface area contributed by atoms with Gasteiger partial charge in [-0.2, -0.15) is 0 Å². The number of carbonyl (C=O) groups excluding carboxylic acids is 1. The van der Waals surface area contributed by atoms with Crippen LogP contribution in [0.1, 0.15) is 44.2 Å². The molecule has 0 radical (unpaired) electrons. The van der Waals surface area contributed by atoms with Crippen LogP contribution in [0.2, 0.25) is 0 Å². The highest BCUT2D eigenvalue weighted by atomic mass is 32.2. The van der Waals surface area contributed by atoms with Crippen molar-refractivity contribution in [1.29, 1.82) is 0 Å². The molecule has 124 valence electrons. The zero-order valence-electron chi connectivity index (χ0n) is 13.9. The van der Waals surface area contributed by atoms with Crippen LogP contribution in [0.15, 0.2) is 57.2 Å². The molecule has 0 fully saturated rings. The van der Waals surface area contributed by atoms with E-state index in [1.54, 1.807) is 11.8 Å². The van der Waals surface area contributed by atoms with Crippen molar-refractivity contribution in [3.8, 4) is 0 Å². The average molecular weight is 340 g/mol. The van der Waals surface area contributed by atoms with Gasteiger partial charge in [0.05, 0.1) is 24.4 Å². The van der Waals surface area contributed by atoms with Crippen molar-refractivity contribution in [2.24, 2.45) is 4.99 Å². The van der Waals surface area contributed by atoms with Crippen molar-refractivity contribution in [3.63, 3.8) is 0 Å². The number of aliphatic imine (C=N–C) groups is 1. The van der Waals surface area contributed by atoms with Crippen molar-refractivity contribution in [2.45, 2.75) is 38.6 Å². The van der Waals surface area contributed by atoms with Crippen molar-refractivity contribution in [2.75, 3.05) is 7.11 Å². The van der Waals surface area contributed by atoms with Crippen LogP contribution in [-0.2, 0) is 9.53 Å². The molecule has 1 aromatic rings. The maximum absolute atomic E-state index is 12.5. The topological polar surface area (TPSA) is 41.9 Å². The smallest absolute Gasteiger partial charge is 0.338 e. The summed E-state index contributed by atoms with van der Waals surface area (Å²) in [6.45, 7) is 1.91. The fraction of sp³-hybridized carbons (Fsp3) is 0.368. The van der Waals surface area contributed by atoms with E-state index in [-0.39, 0.29) is 12.0 Å². The zero-order chi connectivity index (χ0) is 16.7. The maximum Gasteiger partial charge on any atom is 0.338 e. The van der Waals surface area contributed by atoms with E-state index in [2.05, 4.69) is 17.0 Å². The predicted octanol–water partition coefficient (Wildman–Crippen LogP) is 4.38. The maximum atomic E-state index is 12.5. The van der Waals surface area contributed by atoms with Gasteiger partial charge in [-0.15, -0.1) is 0 Å². The molecule has 0 aromatic heterocycles. The first-order valence-corrected chi connectivity index (χ1v) is 9.14. The van der Waals surface area contributed by atoms with E-state index in [0.29, 0.717) is 5.57 Å². The molecule has 5 heteroatoms. The number of fused-ring (bicyclic) bond motifs is 2. The minimum atomic E-state index is -0.293. The number of carbonyl (C=O) groups is 1. The normalized spacial score (nSPS) is 23.0. The van der Waals surface area contributed by atoms with Gasteiger partial charge in [0.1, 0.15) is 0 Å². The van der Waals surface area contributed by atoms with Gasteiger partial charge in [0.25, 0.3) is 0 Å². The molecule has 2 heterocycles. The SMILES string of the molecule is COC(=O)C1=C(C)N=C2SC3=C(CCCC3)N2C1c1ccccc1. The zero-order valence-corrected chi connectivity index (χ0v) is 14.7. The molecule has 1 aliphatic carbocycles. The second kappa shape index (κ2) is 6.13. The highest BCUT2D eigenvalue weighted by Crippen LogP contribution is 2.50. The Morgan fingerprint density at radius 1 is 1.25 bits per heavy atom. The highest BCUT2D eigenvalue weighted by molar-refractivity contribution is 8.17. The Morgan fingerprint density at radius 2 is 2.00 bits per heavy atom. The van der Waals surface area contributed by atoms with Crippen LogP contribution in [0.3, 0.4) is 0 Å². The minimum Gasteiger partial charge on any atom is -0.466 e. The lowest BCUT2D eigenvalue weighted by atomic mass is 9.92. The van der Waals surface area contributed by atoms with Crippen molar-refractivity contribution in [3.05, 3.63) is 57.8 Å². The lowest BCUT2D eigenvalue weighted by molar-refractivity contribution is -0.136. The van der Waals surface area contributed by atoms with E-state index < -0.39 is 0 Å². The van der Waals surface area contributed by atoms with Crippen LogP contribution in [0.4, 0.5) is 0 Å². The van der Waals surface area contributed by atoms with Crippen LogP contribution in [-0.4, -0.2) is 23.1 Å². The van der Waals surface area contributed by atoms with Gasteiger partial charge in [-0.25, -0.2) is 9.79 Å².